The highest BCUT2D eigenvalue weighted by Crippen LogP contribution is 2.11. The van der Waals surface area contributed by atoms with Crippen molar-refractivity contribution in [1.29, 1.82) is 0 Å². The summed E-state index contributed by atoms with van der Waals surface area (Å²) in [5, 5.41) is 4.45. The number of halogens is 3. The standard InChI is InChI=1S/C12H15F3N2O2/c13-12(14,15)9-16-8-11(18)17-6-7-19-10-4-2-1-3-5-10/h1-5,16H,6-9H2,(H,17,18). The van der Waals surface area contributed by atoms with Gasteiger partial charge < -0.3 is 15.4 Å². The molecule has 0 aromatic heterocycles. The number of nitrogens with one attached hydrogen (secondary N) is 2. The molecule has 0 aliphatic rings. The van der Waals surface area contributed by atoms with E-state index in [2.05, 4.69) is 5.32 Å². The summed E-state index contributed by atoms with van der Waals surface area (Å²) in [6.45, 7) is -1.05. The van der Waals surface area contributed by atoms with Gasteiger partial charge in [0.05, 0.1) is 19.6 Å². The first-order chi connectivity index (χ1) is 8.97. The lowest BCUT2D eigenvalue weighted by Crippen LogP contribution is -2.39. The number of hydrogen-bond donors (Lipinski definition) is 2. The average molecular weight is 276 g/mol. The van der Waals surface area contributed by atoms with E-state index in [1.54, 1.807) is 12.1 Å². The molecule has 0 unspecified atom stereocenters. The van der Waals surface area contributed by atoms with Gasteiger partial charge in [-0.05, 0) is 12.1 Å². The van der Waals surface area contributed by atoms with E-state index in [1.165, 1.54) is 0 Å². The summed E-state index contributed by atoms with van der Waals surface area (Å²) >= 11 is 0. The summed E-state index contributed by atoms with van der Waals surface area (Å²) in [5.41, 5.74) is 0. The van der Waals surface area contributed by atoms with E-state index in [9.17, 15) is 18.0 Å². The summed E-state index contributed by atoms with van der Waals surface area (Å²) in [4.78, 5) is 11.1. The summed E-state index contributed by atoms with van der Waals surface area (Å²) in [6, 6.07) is 9.02. The molecular weight excluding hydrogens is 261 g/mol. The Morgan fingerprint density at radius 3 is 2.53 bits per heavy atom. The van der Waals surface area contributed by atoms with Crippen molar-refractivity contribution >= 4 is 5.91 Å². The SMILES string of the molecule is O=C(CNCC(F)(F)F)NCCOc1ccccc1. The third-order valence-electron chi connectivity index (χ3n) is 2.05. The number of ether oxygens (including phenoxy) is 1. The van der Waals surface area contributed by atoms with Crippen molar-refractivity contribution in [2.24, 2.45) is 0 Å². The smallest absolute Gasteiger partial charge is 0.401 e. The van der Waals surface area contributed by atoms with Crippen LogP contribution in [0, 0.1) is 0 Å². The molecule has 1 rings (SSSR count). The molecule has 0 aliphatic carbocycles. The lowest BCUT2D eigenvalue weighted by molar-refractivity contribution is -0.128. The highest BCUT2D eigenvalue weighted by molar-refractivity contribution is 5.77. The Kier molecular flexibility index (Phi) is 6.14. The number of rotatable bonds is 7. The van der Waals surface area contributed by atoms with E-state index in [1.807, 2.05) is 23.5 Å². The van der Waals surface area contributed by atoms with Gasteiger partial charge in [0.1, 0.15) is 12.4 Å². The van der Waals surface area contributed by atoms with E-state index in [0.29, 0.717) is 5.75 Å². The van der Waals surface area contributed by atoms with Crippen LogP contribution in [0.1, 0.15) is 0 Å². The molecule has 0 aliphatic heterocycles. The Morgan fingerprint density at radius 2 is 1.89 bits per heavy atom. The minimum absolute atomic E-state index is 0.238. The molecule has 1 amide bonds. The van der Waals surface area contributed by atoms with Crippen molar-refractivity contribution < 1.29 is 22.7 Å². The predicted molar refractivity (Wildman–Crippen MR) is 63.9 cm³/mol. The van der Waals surface area contributed by atoms with Crippen LogP contribution in [0.2, 0.25) is 0 Å². The zero-order chi connectivity index (χ0) is 14.1. The molecular formula is C12H15F3N2O2. The topological polar surface area (TPSA) is 50.4 Å². The molecule has 2 N–H and O–H groups in total. The van der Waals surface area contributed by atoms with E-state index >= 15 is 0 Å². The molecule has 0 saturated heterocycles. The average Bonchev–Trinajstić information content (AvgIpc) is 2.34. The van der Waals surface area contributed by atoms with Crippen LogP contribution in [-0.2, 0) is 4.79 Å². The third-order valence-corrected chi connectivity index (χ3v) is 2.05. The fraction of sp³-hybridized carbons (Fsp3) is 0.417. The molecule has 19 heavy (non-hydrogen) atoms. The maximum atomic E-state index is 11.8. The number of benzene rings is 1. The first-order valence-electron chi connectivity index (χ1n) is 5.69. The van der Waals surface area contributed by atoms with Gasteiger partial charge in [-0.25, -0.2) is 0 Å². The lowest BCUT2D eigenvalue weighted by Gasteiger charge is -2.09. The fourth-order valence-corrected chi connectivity index (χ4v) is 1.26. The van der Waals surface area contributed by atoms with Gasteiger partial charge in [0.15, 0.2) is 0 Å². The summed E-state index contributed by atoms with van der Waals surface area (Å²) in [7, 11) is 0. The summed E-state index contributed by atoms with van der Waals surface area (Å²) in [5.74, 6) is 0.174. The zero-order valence-corrected chi connectivity index (χ0v) is 10.2. The molecule has 0 heterocycles. The van der Waals surface area contributed by atoms with Crippen molar-refractivity contribution in [2.75, 3.05) is 26.2 Å². The second kappa shape index (κ2) is 7.63. The maximum absolute atomic E-state index is 11.8. The van der Waals surface area contributed by atoms with Crippen LogP contribution in [0.5, 0.6) is 5.75 Å². The summed E-state index contributed by atoms with van der Waals surface area (Å²) < 4.78 is 40.7. The van der Waals surface area contributed by atoms with Gasteiger partial charge in [0.25, 0.3) is 0 Å². The highest BCUT2D eigenvalue weighted by Gasteiger charge is 2.26. The van der Waals surface area contributed by atoms with Gasteiger partial charge in [-0.1, -0.05) is 18.2 Å². The van der Waals surface area contributed by atoms with Crippen LogP contribution in [0.3, 0.4) is 0 Å². The number of carbonyl (C=O) groups is 1. The molecule has 0 atom stereocenters. The normalized spacial score (nSPS) is 11.1. The Bertz CT molecular complexity index is 382. The molecule has 0 radical (unpaired) electrons. The predicted octanol–water partition coefficient (Wildman–Crippen LogP) is 1.33. The van der Waals surface area contributed by atoms with Crippen LogP contribution in [0.25, 0.3) is 0 Å². The van der Waals surface area contributed by atoms with Gasteiger partial charge >= 0.3 is 6.18 Å². The lowest BCUT2D eigenvalue weighted by atomic mass is 10.3. The quantitative estimate of drug-likeness (QED) is 0.739. The minimum atomic E-state index is -4.31. The molecule has 1 aromatic rings. The second-order valence-electron chi connectivity index (χ2n) is 3.73. The van der Waals surface area contributed by atoms with Crippen molar-refractivity contribution in [3.63, 3.8) is 0 Å². The Hall–Kier alpha value is -1.76. The number of hydrogen-bond acceptors (Lipinski definition) is 3. The Labute approximate surface area is 108 Å². The number of amides is 1. The molecule has 4 nitrogen and oxygen atoms in total. The molecule has 1 aromatic carbocycles. The van der Waals surface area contributed by atoms with Crippen LogP contribution in [0.15, 0.2) is 30.3 Å². The van der Waals surface area contributed by atoms with Crippen LogP contribution in [-0.4, -0.2) is 38.3 Å². The Balaban J connectivity index is 2.05. The first kappa shape index (κ1) is 15.3. The van der Waals surface area contributed by atoms with E-state index in [-0.39, 0.29) is 19.7 Å². The zero-order valence-electron chi connectivity index (χ0n) is 10.2. The van der Waals surface area contributed by atoms with Gasteiger partial charge in [0.2, 0.25) is 5.91 Å². The molecule has 0 saturated carbocycles. The monoisotopic (exact) mass is 276 g/mol. The maximum Gasteiger partial charge on any atom is 0.401 e. The largest absolute Gasteiger partial charge is 0.492 e. The van der Waals surface area contributed by atoms with Gasteiger partial charge in [-0.2, -0.15) is 13.2 Å². The molecule has 0 spiro atoms. The molecule has 0 bridgehead atoms. The second-order valence-corrected chi connectivity index (χ2v) is 3.73. The number of para-hydroxylation sites is 1. The van der Waals surface area contributed by atoms with Gasteiger partial charge in [0, 0.05) is 0 Å². The van der Waals surface area contributed by atoms with E-state index < -0.39 is 18.6 Å². The van der Waals surface area contributed by atoms with Gasteiger partial charge in [-0.15, -0.1) is 0 Å². The molecule has 0 fully saturated rings. The van der Waals surface area contributed by atoms with Crippen molar-refractivity contribution in [3.8, 4) is 5.75 Å². The molecule has 7 heteroatoms. The summed E-state index contributed by atoms with van der Waals surface area (Å²) in [6.07, 6.45) is -4.31. The van der Waals surface area contributed by atoms with Crippen LogP contribution in [0.4, 0.5) is 13.2 Å². The first-order valence-corrected chi connectivity index (χ1v) is 5.69. The van der Waals surface area contributed by atoms with Crippen LogP contribution >= 0.6 is 0 Å². The van der Waals surface area contributed by atoms with Crippen LogP contribution < -0.4 is 15.4 Å². The van der Waals surface area contributed by atoms with Crippen molar-refractivity contribution in [2.45, 2.75) is 6.18 Å². The van der Waals surface area contributed by atoms with Gasteiger partial charge in [-0.3, -0.25) is 4.79 Å². The van der Waals surface area contributed by atoms with Crippen molar-refractivity contribution in [1.82, 2.24) is 10.6 Å². The van der Waals surface area contributed by atoms with E-state index in [4.69, 9.17) is 4.74 Å². The fourth-order valence-electron chi connectivity index (χ4n) is 1.26. The number of carbonyl (C=O) groups excluding carboxylic acids is 1. The highest BCUT2D eigenvalue weighted by atomic mass is 19.4. The minimum Gasteiger partial charge on any atom is -0.492 e. The Morgan fingerprint density at radius 1 is 1.21 bits per heavy atom. The van der Waals surface area contributed by atoms with Crippen molar-refractivity contribution in [3.05, 3.63) is 30.3 Å². The van der Waals surface area contributed by atoms with E-state index in [0.717, 1.165) is 0 Å². The molecule has 106 valence electrons. The number of alkyl halides is 3. The third kappa shape index (κ3) is 8.04.